The summed E-state index contributed by atoms with van der Waals surface area (Å²) in [4.78, 5) is 13.9. The molecule has 0 saturated carbocycles. The van der Waals surface area contributed by atoms with Gasteiger partial charge in [0.1, 0.15) is 0 Å². The Bertz CT molecular complexity index is 231. The van der Waals surface area contributed by atoms with E-state index in [-0.39, 0.29) is 24.1 Å². The average molecular weight is 228 g/mol. The SMILES string of the molecule is CC(N)CCCC(=O)N1CC(C)OCC1C. The third-order valence-corrected chi connectivity index (χ3v) is 2.98. The molecule has 0 bridgehead atoms. The Kier molecular flexibility index (Phi) is 5.22. The molecular formula is C12H24N2O2. The first kappa shape index (κ1) is 13.5. The molecule has 1 fully saturated rings. The lowest BCUT2D eigenvalue weighted by Gasteiger charge is -2.37. The van der Waals surface area contributed by atoms with Crippen molar-refractivity contribution in [2.75, 3.05) is 13.2 Å². The van der Waals surface area contributed by atoms with Gasteiger partial charge in [-0.05, 0) is 33.6 Å². The lowest BCUT2D eigenvalue weighted by molar-refractivity contribution is -0.143. The number of amides is 1. The number of nitrogens with two attached hydrogens (primary N) is 1. The fourth-order valence-electron chi connectivity index (χ4n) is 1.97. The molecule has 0 radical (unpaired) electrons. The number of carbonyl (C=O) groups is 1. The van der Waals surface area contributed by atoms with E-state index in [1.165, 1.54) is 0 Å². The molecule has 4 heteroatoms. The maximum absolute atomic E-state index is 12.0. The topological polar surface area (TPSA) is 55.6 Å². The van der Waals surface area contributed by atoms with Crippen molar-refractivity contribution in [1.82, 2.24) is 4.90 Å². The number of morpholine rings is 1. The van der Waals surface area contributed by atoms with E-state index in [1.54, 1.807) is 0 Å². The van der Waals surface area contributed by atoms with Gasteiger partial charge in [-0.2, -0.15) is 0 Å². The summed E-state index contributed by atoms with van der Waals surface area (Å²) in [5.41, 5.74) is 5.66. The van der Waals surface area contributed by atoms with Crippen molar-refractivity contribution in [2.24, 2.45) is 5.73 Å². The van der Waals surface area contributed by atoms with Gasteiger partial charge in [-0.3, -0.25) is 4.79 Å². The molecule has 3 atom stereocenters. The van der Waals surface area contributed by atoms with Crippen molar-refractivity contribution in [3.63, 3.8) is 0 Å². The van der Waals surface area contributed by atoms with Crippen LogP contribution in [0.1, 0.15) is 40.0 Å². The fourth-order valence-corrected chi connectivity index (χ4v) is 1.97. The Morgan fingerprint density at radius 2 is 2.25 bits per heavy atom. The minimum absolute atomic E-state index is 0.161. The third-order valence-electron chi connectivity index (χ3n) is 2.98. The van der Waals surface area contributed by atoms with Gasteiger partial charge in [0.25, 0.3) is 0 Å². The van der Waals surface area contributed by atoms with Crippen LogP contribution < -0.4 is 5.73 Å². The second kappa shape index (κ2) is 6.21. The smallest absolute Gasteiger partial charge is 0.222 e. The Balaban J connectivity index is 2.34. The summed E-state index contributed by atoms with van der Waals surface area (Å²) in [5.74, 6) is 0.239. The molecule has 0 aromatic rings. The van der Waals surface area contributed by atoms with E-state index in [9.17, 15) is 4.79 Å². The molecule has 3 unspecified atom stereocenters. The molecule has 0 aromatic heterocycles. The minimum Gasteiger partial charge on any atom is -0.375 e. The zero-order valence-electron chi connectivity index (χ0n) is 10.6. The predicted octanol–water partition coefficient (Wildman–Crippen LogP) is 1.14. The van der Waals surface area contributed by atoms with Gasteiger partial charge in [-0.1, -0.05) is 0 Å². The largest absolute Gasteiger partial charge is 0.375 e. The van der Waals surface area contributed by atoms with Crippen molar-refractivity contribution in [3.8, 4) is 0 Å². The Labute approximate surface area is 98.1 Å². The van der Waals surface area contributed by atoms with Crippen LogP contribution in [0.2, 0.25) is 0 Å². The first-order chi connectivity index (χ1) is 7.50. The van der Waals surface area contributed by atoms with Gasteiger partial charge in [0.2, 0.25) is 5.91 Å². The minimum atomic E-state index is 0.161. The van der Waals surface area contributed by atoms with E-state index in [0.717, 1.165) is 19.4 Å². The van der Waals surface area contributed by atoms with Gasteiger partial charge >= 0.3 is 0 Å². The molecule has 1 aliphatic rings. The van der Waals surface area contributed by atoms with E-state index in [2.05, 4.69) is 0 Å². The van der Waals surface area contributed by atoms with E-state index >= 15 is 0 Å². The van der Waals surface area contributed by atoms with Crippen molar-refractivity contribution in [3.05, 3.63) is 0 Å². The van der Waals surface area contributed by atoms with Crippen LogP contribution in [0.4, 0.5) is 0 Å². The first-order valence-corrected chi connectivity index (χ1v) is 6.17. The number of nitrogens with zero attached hydrogens (tertiary/aromatic N) is 1. The van der Waals surface area contributed by atoms with Crippen molar-refractivity contribution in [2.45, 2.75) is 58.2 Å². The summed E-state index contributed by atoms with van der Waals surface area (Å²) in [6.07, 6.45) is 2.57. The lowest BCUT2D eigenvalue weighted by Crippen LogP contribution is -2.50. The van der Waals surface area contributed by atoms with Crippen LogP contribution in [0.15, 0.2) is 0 Å². The van der Waals surface area contributed by atoms with Crippen molar-refractivity contribution < 1.29 is 9.53 Å². The number of ether oxygens (including phenoxy) is 1. The molecule has 0 aromatic carbocycles. The maximum Gasteiger partial charge on any atom is 0.222 e. The van der Waals surface area contributed by atoms with E-state index in [0.29, 0.717) is 13.0 Å². The van der Waals surface area contributed by atoms with Gasteiger partial charge < -0.3 is 15.4 Å². The zero-order valence-corrected chi connectivity index (χ0v) is 10.6. The number of carbonyl (C=O) groups excluding carboxylic acids is 1. The van der Waals surface area contributed by atoms with Crippen LogP contribution in [0.5, 0.6) is 0 Å². The molecular weight excluding hydrogens is 204 g/mol. The summed E-state index contributed by atoms with van der Waals surface area (Å²) in [7, 11) is 0. The number of hydrogen-bond donors (Lipinski definition) is 1. The zero-order chi connectivity index (χ0) is 12.1. The molecule has 1 aliphatic heterocycles. The van der Waals surface area contributed by atoms with Crippen LogP contribution in [0.3, 0.4) is 0 Å². The average Bonchev–Trinajstić information content (AvgIpc) is 2.21. The molecule has 0 spiro atoms. The second-order valence-electron chi connectivity index (χ2n) is 4.91. The summed E-state index contributed by atoms with van der Waals surface area (Å²) in [6.45, 7) is 7.39. The van der Waals surface area contributed by atoms with E-state index in [1.807, 2.05) is 25.7 Å². The molecule has 1 heterocycles. The Morgan fingerprint density at radius 1 is 1.56 bits per heavy atom. The standard InChI is InChI=1S/C12H24N2O2/c1-9(13)5-4-6-12(15)14-7-11(3)16-8-10(14)2/h9-11H,4-8,13H2,1-3H3. The lowest BCUT2D eigenvalue weighted by atomic mass is 10.1. The summed E-state index contributed by atoms with van der Waals surface area (Å²) < 4.78 is 5.50. The summed E-state index contributed by atoms with van der Waals surface area (Å²) in [5, 5.41) is 0. The Morgan fingerprint density at radius 3 is 2.88 bits per heavy atom. The maximum atomic E-state index is 12.0. The monoisotopic (exact) mass is 228 g/mol. The highest BCUT2D eigenvalue weighted by Crippen LogP contribution is 2.14. The number of hydrogen-bond acceptors (Lipinski definition) is 3. The van der Waals surface area contributed by atoms with Gasteiger partial charge in [0.05, 0.1) is 18.8 Å². The summed E-state index contributed by atoms with van der Waals surface area (Å²) >= 11 is 0. The predicted molar refractivity (Wildman–Crippen MR) is 64.1 cm³/mol. The second-order valence-corrected chi connectivity index (χ2v) is 4.91. The molecule has 1 amide bonds. The van der Waals surface area contributed by atoms with Crippen LogP contribution in [0, 0.1) is 0 Å². The fraction of sp³-hybridized carbons (Fsp3) is 0.917. The number of rotatable bonds is 4. The van der Waals surface area contributed by atoms with Crippen molar-refractivity contribution >= 4 is 5.91 Å². The molecule has 1 rings (SSSR count). The van der Waals surface area contributed by atoms with Gasteiger partial charge in [-0.15, -0.1) is 0 Å². The Hall–Kier alpha value is -0.610. The molecule has 1 saturated heterocycles. The highest BCUT2D eigenvalue weighted by atomic mass is 16.5. The molecule has 4 nitrogen and oxygen atoms in total. The van der Waals surface area contributed by atoms with Gasteiger partial charge in [-0.25, -0.2) is 0 Å². The van der Waals surface area contributed by atoms with Crippen LogP contribution in [0.25, 0.3) is 0 Å². The molecule has 2 N–H and O–H groups in total. The molecule has 16 heavy (non-hydrogen) atoms. The third kappa shape index (κ3) is 4.10. The highest BCUT2D eigenvalue weighted by molar-refractivity contribution is 5.76. The quantitative estimate of drug-likeness (QED) is 0.785. The van der Waals surface area contributed by atoms with Gasteiger partial charge in [0.15, 0.2) is 0 Å². The van der Waals surface area contributed by atoms with Crippen LogP contribution in [-0.2, 0) is 9.53 Å². The van der Waals surface area contributed by atoms with E-state index < -0.39 is 0 Å². The highest BCUT2D eigenvalue weighted by Gasteiger charge is 2.26. The molecule has 0 aliphatic carbocycles. The first-order valence-electron chi connectivity index (χ1n) is 6.17. The van der Waals surface area contributed by atoms with Crippen LogP contribution >= 0.6 is 0 Å². The van der Waals surface area contributed by atoms with Gasteiger partial charge in [0, 0.05) is 19.0 Å². The summed E-state index contributed by atoms with van der Waals surface area (Å²) in [6, 6.07) is 0.396. The van der Waals surface area contributed by atoms with Crippen LogP contribution in [-0.4, -0.2) is 42.1 Å². The normalized spacial score (nSPS) is 27.9. The molecule has 94 valence electrons. The van der Waals surface area contributed by atoms with Crippen molar-refractivity contribution in [1.29, 1.82) is 0 Å². The van der Waals surface area contributed by atoms with E-state index in [4.69, 9.17) is 10.5 Å².